The summed E-state index contributed by atoms with van der Waals surface area (Å²) in [7, 11) is 0. The van der Waals surface area contributed by atoms with Gasteiger partial charge in [-0.3, -0.25) is 0 Å². The number of nitrogens with zero attached hydrogens (tertiary/aromatic N) is 3. The van der Waals surface area contributed by atoms with E-state index in [-0.39, 0.29) is 6.10 Å². The predicted octanol–water partition coefficient (Wildman–Crippen LogP) is 2.42. The highest BCUT2D eigenvalue weighted by molar-refractivity contribution is 5.79. The summed E-state index contributed by atoms with van der Waals surface area (Å²) < 4.78 is 11.2. The maximum absolute atomic E-state index is 5.61. The van der Waals surface area contributed by atoms with Gasteiger partial charge in [-0.05, 0) is 37.8 Å². The van der Waals surface area contributed by atoms with Crippen molar-refractivity contribution in [3.8, 4) is 0 Å². The SMILES string of the molecule is CCNC(=NCc1ccc(N2CCOC(C)C2)nc1)NCCCOCC(C)C. The van der Waals surface area contributed by atoms with Gasteiger partial charge in [0.15, 0.2) is 5.96 Å². The average molecular weight is 392 g/mol. The second-order valence-corrected chi connectivity index (χ2v) is 7.60. The quantitative estimate of drug-likeness (QED) is 0.363. The molecule has 2 heterocycles. The molecule has 0 spiro atoms. The van der Waals surface area contributed by atoms with Crippen LogP contribution in [-0.2, 0) is 16.0 Å². The molecular weight excluding hydrogens is 354 g/mol. The van der Waals surface area contributed by atoms with Crippen LogP contribution >= 0.6 is 0 Å². The molecule has 158 valence electrons. The third kappa shape index (κ3) is 8.44. The summed E-state index contributed by atoms with van der Waals surface area (Å²) in [5.41, 5.74) is 1.10. The van der Waals surface area contributed by atoms with Crippen LogP contribution in [0.5, 0.6) is 0 Å². The van der Waals surface area contributed by atoms with Crippen LogP contribution in [0.4, 0.5) is 5.82 Å². The van der Waals surface area contributed by atoms with Crippen molar-refractivity contribution in [3.05, 3.63) is 23.9 Å². The van der Waals surface area contributed by atoms with Gasteiger partial charge in [0, 0.05) is 45.6 Å². The van der Waals surface area contributed by atoms with Crippen molar-refractivity contribution >= 4 is 11.8 Å². The molecule has 1 unspecified atom stereocenters. The number of hydrogen-bond acceptors (Lipinski definition) is 5. The van der Waals surface area contributed by atoms with Crippen molar-refractivity contribution in [2.45, 2.75) is 46.8 Å². The number of guanidine groups is 1. The molecule has 0 bridgehead atoms. The largest absolute Gasteiger partial charge is 0.381 e. The van der Waals surface area contributed by atoms with E-state index in [9.17, 15) is 0 Å². The van der Waals surface area contributed by atoms with E-state index in [4.69, 9.17) is 9.47 Å². The van der Waals surface area contributed by atoms with Crippen molar-refractivity contribution < 1.29 is 9.47 Å². The Morgan fingerprint density at radius 1 is 1.39 bits per heavy atom. The minimum atomic E-state index is 0.254. The molecule has 0 aromatic carbocycles. The monoisotopic (exact) mass is 391 g/mol. The minimum Gasteiger partial charge on any atom is -0.381 e. The van der Waals surface area contributed by atoms with Gasteiger partial charge < -0.3 is 25.0 Å². The number of anilines is 1. The molecule has 28 heavy (non-hydrogen) atoms. The summed E-state index contributed by atoms with van der Waals surface area (Å²) >= 11 is 0. The molecule has 0 aliphatic carbocycles. The van der Waals surface area contributed by atoms with Gasteiger partial charge in [-0.25, -0.2) is 9.98 Å². The van der Waals surface area contributed by atoms with Crippen LogP contribution in [0.3, 0.4) is 0 Å². The number of nitrogens with one attached hydrogen (secondary N) is 2. The molecule has 7 nitrogen and oxygen atoms in total. The van der Waals surface area contributed by atoms with E-state index in [0.29, 0.717) is 12.5 Å². The normalized spacial score (nSPS) is 17.8. The number of hydrogen-bond donors (Lipinski definition) is 2. The zero-order valence-electron chi connectivity index (χ0n) is 17.9. The maximum atomic E-state index is 5.61. The highest BCUT2D eigenvalue weighted by Gasteiger charge is 2.17. The Bertz CT molecular complexity index is 577. The van der Waals surface area contributed by atoms with Gasteiger partial charge in [-0.2, -0.15) is 0 Å². The molecule has 1 aromatic rings. The fraction of sp³-hybridized carbons (Fsp3) is 0.714. The smallest absolute Gasteiger partial charge is 0.191 e. The third-order valence-electron chi connectivity index (χ3n) is 4.35. The Labute approximate surface area is 169 Å². The number of aliphatic imine (C=N–C) groups is 1. The Morgan fingerprint density at radius 2 is 2.25 bits per heavy atom. The van der Waals surface area contributed by atoms with Gasteiger partial charge in [0.1, 0.15) is 5.82 Å². The molecule has 7 heteroatoms. The summed E-state index contributed by atoms with van der Waals surface area (Å²) in [6.07, 6.45) is 3.14. The topological polar surface area (TPSA) is 71.0 Å². The fourth-order valence-electron chi connectivity index (χ4n) is 2.94. The zero-order chi connectivity index (χ0) is 20.2. The number of ether oxygens (including phenoxy) is 2. The summed E-state index contributed by atoms with van der Waals surface area (Å²) in [6.45, 7) is 14.9. The summed E-state index contributed by atoms with van der Waals surface area (Å²) in [5, 5.41) is 6.65. The van der Waals surface area contributed by atoms with E-state index >= 15 is 0 Å². The van der Waals surface area contributed by atoms with Crippen LogP contribution in [0.2, 0.25) is 0 Å². The van der Waals surface area contributed by atoms with Crippen LogP contribution in [0.1, 0.15) is 39.7 Å². The van der Waals surface area contributed by atoms with E-state index in [2.05, 4.69) is 65.3 Å². The van der Waals surface area contributed by atoms with E-state index < -0.39 is 0 Å². The first-order chi connectivity index (χ1) is 13.6. The zero-order valence-corrected chi connectivity index (χ0v) is 17.9. The first-order valence-corrected chi connectivity index (χ1v) is 10.5. The molecule has 1 fully saturated rings. The van der Waals surface area contributed by atoms with E-state index in [0.717, 1.165) is 69.8 Å². The molecule has 1 aliphatic heterocycles. The lowest BCUT2D eigenvalue weighted by Gasteiger charge is -2.32. The van der Waals surface area contributed by atoms with E-state index in [1.54, 1.807) is 0 Å². The van der Waals surface area contributed by atoms with Gasteiger partial charge in [-0.15, -0.1) is 0 Å². The van der Waals surface area contributed by atoms with Crippen molar-refractivity contribution in [1.82, 2.24) is 15.6 Å². The highest BCUT2D eigenvalue weighted by Crippen LogP contribution is 2.15. The van der Waals surface area contributed by atoms with Crippen molar-refractivity contribution in [2.75, 3.05) is 50.9 Å². The second kappa shape index (κ2) is 12.6. The molecule has 1 atom stereocenters. The van der Waals surface area contributed by atoms with E-state index in [1.165, 1.54) is 0 Å². The summed E-state index contributed by atoms with van der Waals surface area (Å²) in [6, 6.07) is 4.19. The van der Waals surface area contributed by atoms with Crippen LogP contribution in [0.25, 0.3) is 0 Å². The van der Waals surface area contributed by atoms with Gasteiger partial charge in [0.25, 0.3) is 0 Å². The molecule has 2 N–H and O–H groups in total. The van der Waals surface area contributed by atoms with E-state index in [1.807, 2.05) is 6.20 Å². The van der Waals surface area contributed by atoms with Crippen LogP contribution < -0.4 is 15.5 Å². The summed E-state index contributed by atoms with van der Waals surface area (Å²) in [5.74, 6) is 2.42. The maximum Gasteiger partial charge on any atom is 0.191 e. The molecule has 1 aliphatic rings. The lowest BCUT2D eigenvalue weighted by molar-refractivity contribution is 0.0529. The van der Waals surface area contributed by atoms with Gasteiger partial charge >= 0.3 is 0 Å². The first kappa shape index (κ1) is 22.4. The lowest BCUT2D eigenvalue weighted by atomic mass is 10.2. The van der Waals surface area contributed by atoms with Crippen LogP contribution in [-0.4, -0.2) is 63.0 Å². The highest BCUT2D eigenvalue weighted by atomic mass is 16.5. The third-order valence-corrected chi connectivity index (χ3v) is 4.35. The molecule has 0 saturated carbocycles. The van der Waals surface area contributed by atoms with Crippen molar-refractivity contribution in [3.63, 3.8) is 0 Å². The van der Waals surface area contributed by atoms with Crippen molar-refractivity contribution in [2.24, 2.45) is 10.9 Å². The number of aromatic nitrogens is 1. The Hall–Kier alpha value is -1.86. The van der Waals surface area contributed by atoms with Gasteiger partial charge in [0.05, 0.1) is 19.3 Å². The van der Waals surface area contributed by atoms with Crippen LogP contribution in [0, 0.1) is 5.92 Å². The number of morpholine rings is 1. The minimum absolute atomic E-state index is 0.254. The standard InChI is InChI=1S/C21H37N5O2/c1-5-22-21(23-9-6-11-27-16-17(2)3)25-14-19-7-8-20(24-13-19)26-10-12-28-18(4)15-26/h7-8,13,17-18H,5-6,9-12,14-16H2,1-4H3,(H2,22,23,25). The first-order valence-electron chi connectivity index (χ1n) is 10.5. The Morgan fingerprint density at radius 3 is 2.93 bits per heavy atom. The summed E-state index contributed by atoms with van der Waals surface area (Å²) in [4.78, 5) is 11.6. The lowest BCUT2D eigenvalue weighted by Crippen LogP contribution is -2.41. The Kier molecular flexibility index (Phi) is 10.1. The Balaban J connectivity index is 1.78. The predicted molar refractivity (Wildman–Crippen MR) is 115 cm³/mol. The molecule has 0 radical (unpaired) electrons. The van der Waals surface area contributed by atoms with Gasteiger partial charge in [0.2, 0.25) is 0 Å². The number of rotatable bonds is 10. The molecule has 2 rings (SSSR count). The molecule has 0 amide bonds. The molecule has 1 saturated heterocycles. The number of pyridine rings is 1. The second-order valence-electron chi connectivity index (χ2n) is 7.60. The average Bonchev–Trinajstić information content (AvgIpc) is 2.69. The fourth-order valence-corrected chi connectivity index (χ4v) is 2.94. The van der Waals surface area contributed by atoms with Crippen LogP contribution in [0.15, 0.2) is 23.3 Å². The van der Waals surface area contributed by atoms with Crippen molar-refractivity contribution in [1.29, 1.82) is 0 Å². The molecular formula is C21H37N5O2. The van der Waals surface area contributed by atoms with Gasteiger partial charge in [-0.1, -0.05) is 19.9 Å². The molecule has 1 aromatic heterocycles.